The number of furan rings is 1. The van der Waals surface area contributed by atoms with Crippen LogP contribution in [0.5, 0.6) is 0 Å². The molecule has 0 aliphatic carbocycles. The molecule has 4 heterocycles. The molecule has 1 aliphatic heterocycles. The van der Waals surface area contributed by atoms with Crippen molar-refractivity contribution in [3.8, 4) is 0 Å². The number of piperidine rings is 1. The molecule has 1 aliphatic rings. The van der Waals surface area contributed by atoms with Crippen LogP contribution < -0.4 is 5.69 Å². The molecule has 0 saturated carbocycles. The van der Waals surface area contributed by atoms with Gasteiger partial charge in [-0.15, -0.1) is 0 Å². The number of likely N-dealkylation sites (tertiary alicyclic amines) is 1. The molecule has 23 heavy (non-hydrogen) atoms. The van der Waals surface area contributed by atoms with Crippen LogP contribution in [-0.2, 0) is 13.6 Å². The first-order valence-corrected chi connectivity index (χ1v) is 7.85. The van der Waals surface area contributed by atoms with Crippen LogP contribution in [-0.4, -0.2) is 37.1 Å². The Morgan fingerprint density at radius 1 is 1.35 bits per heavy atom. The second-order valence-electron chi connectivity index (χ2n) is 6.03. The molecule has 7 nitrogen and oxygen atoms in total. The van der Waals surface area contributed by atoms with Gasteiger partial charge in [0, 0.05) is 26.2 Å². The summed E-state index contributed by atoms with van der Waals surface area (Å²) >= 11 is 0. The van der Waals surface area contributed by atoms with Crippen molar-refractivity contribution in [1.82, 2.24) is 24.0 Å². The summed E-state index contributed by atoms with van der Waals surface area (Å²) in [6.07, 6.45) is 6.78. The normalized spacial score (nSPS) is 17.1. The number of aryl methyl sites for hydroxylation is 1. The highest BCUT2D eigenvalue weighted by atomic mass is 16.3. The Kier molecular flexibility index (Phi) is 3.49. The van der Waals surface area contributed by atoms with Crippen LogP contribution >= 0.6 is 0 Å². The summed E-state index contributed by atoms with van der Waals surface area (Å²) < 4.78 is 8.87. The number of rotatable bonds is 3. The van der Waals surface area contributed by atoms with Crippen LogP contribution in [0.25, 0.3) is 11.2 Å². The van der Waals surface area contributed by atoms with Gasteiger partial charge in [0.05, 0.1) is 19.0 Å². The minimum Gasteiger partial charge on any atom is -0.468 e. The Bertz CT molecular complexity index is 856. The van der Waals surface area contributed by atoms with Gasteiger partial charge in [-0.2, -0.15) is 0 Å². The fourth-order valence-corrected chi connectivity index (χ4v) is 3.38. The second-order valence-corrected chi connectivity index (χ2v) is 6.03. The zero-order valence-electron chi connectivity index (χ0n) is 13.1. The lowest BCUT2D eigenvalue weighted by Crippen LogP contribution is -2.37. The highest BCUT2D eigenvalue weighted by Crippen LogP contribution is 2.25. The molecule has 120 valence electrons. The Morgan fingerprint density at radius 2 is 2.17 bits per heavy atom. The second kappa shape index (κ2) is 5.66. The number of imidazole rings is 1. The zero-order chi connectivity index (χ0) is 15.8. The molecular weight excluding hydrogens is 294 g/mol. The number of nitrogens with zero attached hydrogens (tertiary/aromatic N) is 5. The Labute approximate surface area is 133 Å². The van der Waals surface area contributed by atoms with Crippen LogP contribution in [0.2, 0.25) is 0 Å². The molecule has 0 bridgehead atoms. The molecule has 0 aromatic carbocycles. The van der Waals surface area contributed by atoms with E-state index >= 15 is 0 Å². The van der Waals surface area contributed by atoms with Gasteiger partial charge in [0.2, 0.25) is 0 Å². The smallest absolute Gasteiger partial charge is 0.330 e. The molecule has 0 radical (unpaired) electrons. The van der Waals surface area contributed by atoms with E-state index in [0.717, 1.165) is 49.4 Å². The van der Waals surface area contributed by atoms with Crippen molar-refractivity contribution < 1.29 is 4.42 Å². The minimum absolute atomic E-state index is 0.00927. The Hall–Kier alpha value is -2.41. The molecule has 3 aromatic rings. The van der Waals surface area contributed by atoms with E-state index in [1.807, 2.05) is 16.7 Å². The molecule has 0 N–H and O–H groups in total. The van der Waals surface area contributed by atoms with E-state index in [2.05, 4.69) is 14.9 Å². The molecule has 0 amide bonds. The van der Waals surface area contributed by atoms with Crippen molar-refractivity contribution in [3.63, 3.8) is 0 Å². The lowest BCUT2D eigenvalue weighted by Gasteiger charge is -2.31. The van der Waals surface area contributed by atoms with Gasteiger partial charge in [-0.05, 0) is 25.0 Å². The van der Waals surface area contributed by atoms with Crippen LogP contribution in [0, 0.1) is 0 Å². The van der Waals surface area contributed by atoms with Gasteiger partial charge in [0.25, 0.3) is 0 Å². The topological polar surface area (TPSA) is 69.1 Å². The minimum atomic E-state index is -0.00927. The maximum atomic E-state index is 12.6. The quantitative estimate of drug-likeness (QED) is 0.734. The summed E-state index contributed by atoms with van der Waals surface area (Å²) in [6, 6.07) is 4.10. The average Bonchev–Trinajstić information content (AvgIpc) is 3.17. The third kappa shape index (κ3) is 2.46. The number of fused-ring (bicyclic) bond motifs is 1. The van der Waals surface area contributed by atoms with E-state index in [1.54, 1.807) is 24.1 Å². The molecule has 1 saturated heterocycles. The van der Waals surface area contributed by atoms with Gasteiger partial charge >= 0.3 is 5.69 Å². The highest BCUT2D eigenvalue weighted by Gasteiger charge is 2.25. The lowest BCUT2D eigenvalue weighted by atomic mass is 10.0. The van der Waals surface area contributed by atoms with Crippen molar-refractivity contribution in [2.24, 2.45) is 7.05 Å². The third-order valence-corrected chi connectivity index (χ3v) is 4.64. The van der Waals surface area contributed by atoms with Crippen LogP contribution in [0.3, 0.4) is 0 Å². The monoisotopic (exact) mass is 313 g/mol. The number of hydrogen-bond acceptors (Lipinski definition) is 5. The van der Waals surface area contributed by atoms with E-state index < -0.39 is 0 Å². The van der Waals surface area contributed by atoms with E-state index in [4.69, 9.17) is 4.42 Å². The first-order valence-electron chi connectivity index (χ1n) is 7.85. The van der Waals surface area contributed by atoms with Crippen LogP contribution in [0.4, 0.5) is 0 Å². The standard InChI is InChI=1S/C16H19N5O2/c1-19-14-9-17-11-18-15(14)21(16(19)22)12-4-6-20(7-5-12)10-13-3-2-8-23-13/h2-3,8-9,11-12H,4-7,10H2,1H3. The summed E-state index contributed by atoms with van der Waals surface area (Å²) in [7, 11) is 1.77. The number of aromatic nitrogens is 4. The lowest BCUT2D eigenvalue weighted by molar-refractivity contribution is 0.168. The van der Waals surface area contributed by atoms with Gasteiger partial charge in [-0.25, -0.2) is 14.8 Å². The number of hydrogen-bond donors (Lipinski definition) is 0. The average molecular weight is 313 g/mol. The van der Waals surface area contributed by atoms with Gasteiger partial charge in [0.1, 0.15) is 17.6 Å². The summed E-state index contributed by atoms with van der Waals surface area (Å²) in [5, 5.41) is 0. The van der Waals surface area contributed by atoms with E-state index in [-0.39, 0.29) is 11.7 Å². The summed E-state index contributed by atoms with van der Waals surface area (Å²) in [5.74, 6) is 0.985. The van der Waals surface area contributed by atoms with Crippen molar-refractivity contribution in [2.75, 3.05) is 13.1 Å². The summed E-state index contributed by atoms with van der Waals surface area (Å²) in [4.78, 5) is 23.3. The molecule has 4 rings (SSSR count). The first kappa shape index (κ1) is 14.2. The van der Waals surface area contributed by atoms with Gasteiger partial charge < -0.3 is 4.42 Å². The van der Waals surface area contributed by atoms with Crippen molar-refractivity contribution >= 4 is 11.2 Å². The molecule has 3 aromatic heterocycles. The molecule has 0 spiro atoms. The Balaban J connectivity index is 1.55. The third-order valence-electron chi connectivity index (χ3n) is 4.64. The van der Waals surface area contributed by atoms with Crippen LogP contribution in [0.15, 0.2) is 40.1 Å². The fraction of sp³-hybridized carbons (Fsp3) is 0.438. The van der Waals surface area contributed by atoms with E-state index in [0.29, 0.717) is 0 Å². The Morgan fingerprint density at radius 3 is 2.91 bits per heavy atom. The van der Waals surface area contributed by atoms with E-state index in [1.165, 1.54) is 6.33 Å². The molecular formula is C16H19N5O2. The maximum Gasteiger partial charge on any atom is 0.330 e. The molecule has 0 atom stereocenters. The first-order chi connectivity index (χ1) is 11.2. The predicted molar refractivity (Wildman–Crippen MR) is 85.0 cm³/mol. The SMILES string of the molecule is Cn1c(=O)n(C2CCN(Cc3ccco3)CC2)c2ncncc21. The highest BCUT2D eigenvalue weighted by molar-refractivity contribution is 5.70. The van der Waals surface area contributed by atoms with Gasteiger partial charge in [-0.3, -0.25) is 14.0 Å². The zero-order valence-corrected chi connectivity index (χ0v) is 13.1. The van der Waals surface area contributed by atoms with Gasteiger partial charge in [0.15, 0.2) is 5.65 Å². The predicted octanol–water partition coefficient (Wildman–Crippen LogP) is 1.56. The van der Waals surface area contributed by atoms with Gasteiger partial charge in [-0.1, -0.05) is 0 Å². The van der Waals surface area contributed by atoms with Crippen molar-refractivity contribution in [3.05, 3.63) is 47.2 Å². The fourth-order valence-electron chi connectivity index (χ4n) is 3.38. The summed E-state index contributed by atoms with van der Waals surface area (Å²) in [6.45, 7) is 2.71. The molecule has 0 unspecified atom stereocenters. The largest absolute Gasteiger partial charge is 0.468 e. The van der Waals surface area contributed by atoms with Crippen molar-refractivity contribution in [1.29, 1.82) is 0 Å². The maximum absolute atomic E-state index is 12.6. The summed E-state index contributed by atoms with van der Waals surface area (Å²) in [5.41, 5.74) is 1.51. The van der Waals surface area contributed by atoms with Crippen molar-refractivity contribution in [2.45, 2.75) is 25.4 Å². The van der Waals surface area contributed by atoms with Crippen LogP contribution in [0.1, 0.15) is 24.6 Å². The molecule has 1 fully saturated rings. The molecule has 7 heteroatoms. The van der Waals surface area contributed by atoms with E-state index in [9.17, 15) is 4.79 Å².